The second-order valence-corrected chi connectivity index (χ2v) is 6.33. The van der Waals surface area contributed by atoms with E-state index >= 15 is 0 Å². The molecule has 0 fully saturated rings. The standard InChI is InChI=1S/C19H20N2O2/c1-19(2,3)16-10-8-15(9-11-16)18(21)23-17(20)14-6-4-13(12-22)5-7-14/h4-12,20-21H,1-3H3. The van der Waals surface area contributed by atoms with Crippen LogP contribution in [0.5, 0.6) is 0 Å². The molecule has 0 aliphatic rings. The van der Waals surface area contributed by atoms with Crippen LogP contribution in [0.25, 0.3) is 0 Å². The molecule has 0 aromatic heterocycles. The third-order valence-electron chi connectivity index (χ3n) is 3.53. The number of ether oxygens (including phenoxy) is 1. The van der Waals surface area contributed by atoms with Gasteiger partial charge in [-0.05, 0) is 35.2 Å². The highest BCUT2D eigenvalue weighted by molar-refractivity contribution is 6.04. The highest BCUT2D eigenvalue weighted by atomic mass is 16.5. The quantitative estimate of drug-likeness (QED) is 0.507. The number of carbonyl (C=O) groups is 1. The lowest BCUT2D eigenvalue weighted by molar-refractivity contribution is 0.112. The average Bonchev–Trinajstić information content (AvgIpc) is 2.54. The maximum absolute atomic E-state index is 10.6. The van der Waals surface area contributed by atoms with Gasteiger partial charge >= 0.3 is 0 Å². The van der Waals surface area contributed by atoms with Crippen molar-refractivity contribution in [3.8, 4) is 0 Å². The summed E-state index contributed by atoms with van der Waals surface area (Å²) in [5.41, 5.74) is 2.90. The SMILES string of the molecule is CC(C)(C)c1ccc(C(=N)OC(=N)c2ccc(C=O)cc2)cc1. The predicted octanol–water partition coefficient (Wildman–Crippen LogP) is 4.16. The largest absolute Gasteiger partial charge is 0.421 e. The molecule has 2 N–H and O–H groups in total. The molecule has 118 valence electrons. The van der Waals surface area contributed by atoms with Crippen molar-refractivity contribution in [2.75, 3.05) is 0 Å². The van der Waals surface area contributed by atoms with E-state index in [4.69, 9.17) is 15.6 Å². The van der Waals surface area contributed by atoms with Gasteiger partial charge < -0.3 is 4.74 Å². The van der Waals surface area contributed by atoms with E-state index in [0.29, 0.717) is 16.7 Å². The van der Waals surface area contributed by atoms with Gasteiger partial charge in [0.1, 0.15) is 6.29 Å². The van der Waals surface area contributed by atoms with Crippen molar-refractivity contribution in [1.29, 1.82) is 10.8 Å². The zero-order valence-electron chi connectivity index (χ0n) is 13.5. The number of benzene rings is 2. The number of carbonyl (C=O) groups excluding carboxylic acids is 1. The van der Waals surface area contributed by atoms with Crippen LogP contribution in [0, 0.1) is 10.8 Å². The number of hydrogen-bond acceptors (Lipinski definition) is 4. The molecule has 0 aliphatic heterocycles. The molecule has 4 heteroatoms. The molecule has 0 unspecified atom stereocenters. The third-order valence-corrected chi connectivity index (χ3v) is 3.53. The van der Waals surface area contributed by atoms with Crippen molar-refractivity contribution in [3.05, 3.63) is 70.8 Å². The summed E-state index contributed by atoms with van der Waals surface area (Å²) in [5.74, 6) is -0.192. The van der Waals surface area contributed by atoms with Crippen molar-refractivity contribution < 1.29 is 9.53 Å². The van der Waals surface area contributed by atoms with E-state index in [-0.39, 0.29) is 17.2 Å². The van der Waals surface area contributed by atoms with Gasteiger partial charge in [0.15, 0.2) is 0 Å². The fourth-order valence-electron chi connectivity index (χ4n) is 2.05. The maximum Gasteiger partial charge on any atom is 0.221 e. The molecule has 0 spiro atoms. The Labute approximate surface area is 136 Å². The Bertz CT molecular complexity index is 723. The molecule has 2 rings (SSSR count). The first kappa shape index (κ1) is 16.6. The first-order chi connectivity index (χ1) is 10.8. The van der Waals surface area contributed by atoms with Crippen LogP contribution >= 0.6 is 0 Å². The Kier molecular flexibility index (Phi) is 4.74. The van der Waals surface area contributed by atoms with Gasteiger partial charge in [-0.1, -0.05) is 45.0 Å². The molecule has 23 heavy (non-hydrogen) atoms. The summed E-state index contributed by atoms with van der Waals surface area (Å²) in [6.07, 6.45) is 0.743. The molecular weight excluding hydrogens is 288 g/mol. The molecule has 0 radical (unpaired) electrons. The maximum atomic E-state index is 10.6. The van der Waals surface area contributed by atoms with Crippen molar-refractivity contribution in [2.45, 2.75) is 26.2 Å². The van der Waals surface area contributed by atoms with Crippen LogP contribution in [0.2, 0.25) is 0 Å². The third kappa shape index (κ3) is 4.13. The minimum Gasteiger partial charge on any atom is -0.421 e. The van der Waals surface area contributed by atoms with Gasteiger partial charge in [-0.3, -0.25) is 15.6 Å². The molecule has 0 saturated carbocycles. The number of rotatable bonds is 3. The van der Waals surface area contributed by atoms with E-state index in [1.807, 2.05) is 24.3 Å². The van der Waals surface area contributed by atoms with E-state index in [1.54, 1.807) is 24.3 Å². The zero-order chi connectivity index (χ0) is 17.0. The van der Waals surface area contributed by atoms with Crippen LogP contribution in [0.3, 0.4) is 0 Å². The Hall–Kier alpha value is -2.75. The Morgan fingerprint density at radius 2 is 1.30 bits per heavy atom. The van der Waals surface area contributed by atoms with Gasteiger partial charge in [0.25, 0.3) is 0 Å². The lowest BCUT2D eigenvalue weighted by atomic mass is 9.87. The van der Waals surface area contributed by atoms with E-state index in [1.165, 1.54) is 5.56 Å². The van der Waals surface area contributed by atoms with Crippen molar-refractivity contribution >= 4 is 18.1 Å². The summed E-state index contributed by atoms with van der Waals surface area (Å²) < 4.78 is 5.30. The van der Waals surface area contributed by atoms with E-state index in [2.05, 4.69) is 20.8 Å². The van der Waals surface area contributed by atoms with Crippen LogP contribution in [-0.2, 0) is 10.2 Å². The Morgan fingerprint density at radius 1 is 0.870 bits per heavy atom. The van der Waals surface area contributed by atoms with Crippen LogP contribution in [0.15, 0.2) is 48.5 Å². The predicted molar refractivity (Wildman–Crippen MR) is 91.7 cm³/mol. The van der Waals surface area contributed by atoms with Crippen molar-refractivity contribution in [3.63, 3.8) is 0 Å². The van der Waals surface area contributed by atoms with Gasteiger partial charge in [0.05, 0.1) is 0 Å². The fraction of sp³-hybridized carbons (Fsp3) is 0.211. The minimum atomic E-state index is -0.118. The molecule has 0 aliphatic carbocycles. The number of aldehydes is 1. The highest BCUT2D eigenvalue weighted by Gasteiger charge is 2.14. The lowest BCUT2D eigenvalue weighted by Gasteiger charge is -2.19. The molecule has 0 amide bonds. The molecule has 4 nitrogen and oxygen atoms in total. The Morgan fingerprint density at radius 3 is 1.70 bits per heavy atom. The van der Waals surface area contributed by atoms with Gasteiger partial charge in [-0.15, -0.1) is 0 Å². The smallest absolute Gasteiger partial charge is 0.221 e. The molecule has 0 saturated heterocycles. The van der Waals surface area contributed by atoms with Crippen LogP contribution < -0.4 is 0 Å². The van der Waals surface area contributed by atoms with E-state index in [9.17, 15) is 4.79 Å². The minimum absolute atomic E-state index is 0.0502. The van der Waals surface area contributed by atoms with Gasteiger partial charge in [0, 0.05) is 16.7 Å². The lowest BCUT2D eigenvalue weighted by Crippen LogP contribution is -2.14. The van der Waals surface area contributed by atoms with Crippen molar-refractivity contribution in [2.24, 2.45) is 0 Å². The Balaban J connectivity index is 2.08. The second-order valence-electron chi connectivity index (χ2n) is 6.33. The zero-order valence-corrected chi connectivity index (χ0v) is 13.5. The summed E-state index contributed by atoms with van der Waals surface area (Å²) in [7, 11) is 0. The normalized spacial score (nSPS) is 10.9. The van der Waals surface area contributed by atoms with Gasteiger partial charge in [-0.25, -0.2) is 0 Å². The van der Waals surface area contributed by atoms with Crippen molar-refractivity contribution in [1.82, 2.24) is 0 Å². The molecule has 2 aromatic rings. The van der Waals surface area contributed by atoms with Gasteiger partial charge in [0.2, 0.25) is 11.8 Å². The molecule has 0 heterocycles. The fourth-order valence-corrected chi connectivity index (χ4v) is 2.05. The molecular formula is C19H20N2O2. The summed E-state index contributed by atoms with van der Waals surface area (Å²) in [6, 6.07) is 14.1. The first-order valence-electron chi connectivity index (χ1n) is 7.33. The second kappa shape index (κ2) is 6.57. The summed E-state index contributed by atoms with van der Waals surface area (Å²) in [6.45, 7) is 6.38. The monoisotopic (exact) mass is 308 g/mol. The summed E-state index contributed by atoms with van der Waals surface area (Å²) >= 11 is 0. The highest BCUT2D eigenvalue weighted by Crippen LogP contribution is 2.22. The molecule has 2 aromatic carbocycles. The van der Waals surface area contributed by atoms with Crippen LogP contribution in [0.4, 0.5) is 0 Å². The summed E-state index contributed by atoms with van der Waals surface area (Å²) in [4.78, 5) is 10.6. The van der Waals surface area contributed by atoms with E-state index < -0.39 is 0 Å². The molecule has 0 atom stereocenters. The number of nitrogens with one attached hydrogen (secondary N) is 2. The topological polar surface area (TPSA) is 74.0 Å². The molecule has 0 bridgehead atoms. The van der Waals surface area contributed by atoms with Crippen LogP contribution in [-0.4, -0.2) is 18.1 Å². The summed E-state index contributed by atoms with van der Waals surface area (Å²) in [5, 5.41) is 15.9. The van der Waals surface area contributed by atoms with Crippen LogP contribution in [0.1, 0.15) is 47.8 Å². The average molecular weight is 308 g/mol. The van der Waals surface area contributed by atoms with E-state index in [0.717, 1.165) is 6.29 Å². The number of hydrogen-bond donors (Lipinski definition) is 2. The first-order valence-corrected chi connectivity index (χ1v) is 7.33. The van der Waals surface area contributed by atoms with Gasteiger partial charge in [-0.2, -0.15) is 0 Å².